The molecule has 0 saturated carbocycles. The number of hydrogen-bond donors (Lipinski definition) is 3. The lowest BCUT2D eigenvalue weighted by atomic mass is 9.90. The van der Waals surface area contributed by atoms with E-state index in [9.17, 15) is 14.4 Å². The number of anilines is 1. The van der Waals surface area contributed by atoms with Crippen LogP contribution in [0.25, 0.3) is 22.3 Å². The summed E-state index contributed by atoms with van der Waals surface area (Å²) in [7, 11) is 2.85. The van der Waals surface area contributed by atoms with Gasteiger partial charge in [0.25, 0.3) is 11.5 Å². The number of ether oxygens (including phenoxy) is 1. The lowest BCUT2D eigenvalue weighted by Crippen LogP contribution is -2.37. The smallest absolute Gasteiger partial charge is 0.328 e. The molecule has 1 amide bonds. The molecule has 4 N–H and O–H groups in total. The van der Waals surface area contributed by atoms with E-state index in [1.165, 1.54) is 7.05 Å². The number of aromatic amines is 1. The summed E-state index contributed by atoms with van der Waals surface area (Å²) in [6, 6.07) is 14.9. The van der Waals surface area contributed by atoms with E-state index >= 15 is 4.39 Å². The Morgan fingerprint density at radius 2 is 1.79 bits per heavy atom. The molecule has 9 nitrogen and oxygen atoms in total. The molecule has 1 saturated heterocycles. The molecule has 10 heteroatoms. The summed E-state index contributed by atoms with van der Waals surface area (Å²) in [5, 5.41) is 2.80. The number of likely N-dealkylation sites (tertiary alicyclic amines) is 1. The van der Waals surface area contributed by atoms with Crippen molar-refractivity contribution >= 4 is 11.6 Å². The highest BCUT2D eigenvalue weighted by Crippen LogP contribution is 2.38. The van der Waals surface area contributed by atoms with E-state index in [2.05, 4.69) is 15.2 Å². The monoisotopic (exact) mass is 571 g/mol. The number of benzene rings is 3. The van der Waals surface area contributed by atoms with E-state index in [1.54, 1.807) is 19.2 Å². The van der Waals surface area contributed by atoms with Crippen LogP contribution in [0.5, 0.6) is 5.75 Å². The van der Waals surface area contributed by atoms with Gasteiger partial charge in [0, 0.05) is 50.2 Å². The van der Waals surface area contributed by atoms with Crippen molar-refractivity contribution in [3.05, 3.63) is 104 Å². The van der Waals surface area contributed by atoms with E-state index in [-0.39, 0.29) is 17.4 Å². The number of carbonyl (C=O) groups excluding carboxylic acids is 1. The Kier molecular flexibility index (Phi) is 8.11. The molecule has 2 heterocycles. The largest absolute Gasteiger partial charge is 0.496 e. The van der Waals surface area contributed by atoms with E-state index < -0.39 is 17.2 Å². The molecule has 1 unspecified atom stereocenters. The highest BCUT2D eigenvalue weighted by molar-refractivity contribution is 6.04. The van der Waals surface area contributed by atoms with Gasteiger partial charge in [-0.05, 0) is 71.8 Å². The molecule has 1 aromatic heterocycles. The third-order valence-corrected chi connectivity index (χ3v) is 8.01. The fourth-order valence-corrected chi connectivity index (χ4v) is 5.55. The first kappa shape index (κ1) is 29.0. The van der Waals surface area contributed by atoms with Gasteiger partial charge in [0.1, 0.15) is 17.1 Å². The molecule has 4 aromatic rings. The maximum atomic E-state index is 15.5. The Morgan fingerprint density at radius 1 is 1.10 bits per heavy atom. The highest BCUT2D eigenvalue weighted by Gasteiger charge is 2.23. The zero-order chi connectivity index (χ0) is 30.1. The van der Waals surface area contributed by atoms with Gasteiger partial charge in [-0.15, -0.1) is 0 Å². The van der Waals surface area contributed by atoms with E-state index in [4.69, 9.17) is 10.5 Å². The zero-order valence-corrected chi connectivity index (χ0v) is 24.1. The maximum absolute atomic E-state index is 15.5. The topological polar surface area (TPSA) is 122 Å². The summed E-state index contributed by atoms with van der Waals surface area (Å²) < 4.78 is 22.0. The number of H-pyrrole nitrogens is 1. The molecule has 5 rings (SSSR count). The van der Waals surface area contributed by atoms with Gasteiger partial charge < -0.3 is 20.8 Å². The molecule has 3 aromatic carbocycles. The highest BCUT2D eigenvalue weighted by atomic mass is 19.1. The number of methoxy groups -OCH3 is 1. The van der Waals surface area contributed by atoms with Gasteiger partial charge in [-0.2, -0.15) is 0 Å². The van der Waals surface area contributed by atoms with Crippen molar-refractivity contribution < 1.29 is 13.9 Å². The number of nitrogens with one attached hydrogen (secondary N) is 2. The second kappa shape index (κ2) is 11.8. The summed E-state index contributed by atoms with van der Waals surface area (Å²) in [5.74, 6) is -0.468. The molecule has 0 radical (unpaired) electrons. The number of nitrogens with zero attached hydrogens (tertiary/aromatic N) is 2. The summed E-state index contributed by atoms with van der Waals surface area (Å²) in [6.07, 6.45) is 2.01. The Hall–Kier alpha value is -4.54. The van der Waals surface area contributed by atoms with Crippen LogP contribution in [-0.4, -0.2) is 46.6 Å². The first-order valence-corrected chi connectivity index (χ1v) is 13.7. The molecule has 0 spiro atoms. The van der Waals surface area contributed by atoms with Crippen LogP contribution in [0.15, 0.2) is 64.3 Å². The van der Waals surface area contributed by atoms with E-state index in [1.807, 2.05) is 50.2 Å². The predicted molar refractivity (Wildman–Crippen MR) is 161 cm³/mol. The van der Waals surface area contributed by atoms with Crippen molar-refractivity contribution in [3.63, 3.8) is 0 Å². The standard InChI is InChI=1S/C32H34FN5O4/c1-18-22(20-13-27(33)26(29(14-20)42-4)17-38-12-11-21(34)16-38)7-5-8-23(18)24-9-6-10-28(19(24)2)36-30(39)25-15-35-32(41)37(3)31(25)40/h5-10,13-15,21H,11-12,16-17,34H2,1-4H3,(H,35,41)(H,36,39). The Balaban J connectivity index is 1.48. The van der Waals surface area contributed by atoms with Crippen molar-refractivity contribution in [2.24, 2.45) is 12.8 Å². The maximum Gasteiger partial charge on any atom is 0.328 e. The van der Waals surface area contributed by atoms with Gasteiger partial charge >= 0.3 is 5.69 Å². The van der Waals surface area contributed by atoms with Gasteiger partial charge in [0.2, 0.25) is 0 Å². The minimum Gasteiger partial charge on any atom is -0.496 e. The first-order chi connectivity index (χ1) is 20.1. The van der Waals surface area contributed by atoms with Crippen molar-refractivity contribution in [2.75, 3.05) is 25.5 Å². The average Bonchev–Trinajstić information content (AvgIpc) is 3.38. The minimum absolute atomic E-state index is 0.107. The number of amides is 1. The van der Waals surface area contributed by atoms with Gasteiger partial charge in [-0.25, -0.2) is 9.18 Å². The first-order valence-electron chi connectivity index (χ1n) is 13.7. The van der Waals surface area contributed by atoms with Gasteiger partial charge in [-0.3, -0.25) is 19.1 Å². The van der Waals surface area contributed by atoms with Crippen LogP contribution >= 0.6 is 0 Å². The van der Waals surface area contributed by atoms with Crippen molar-refractivity contribution in [1.82, 2.24) is 14.5 Å². The lowest BCUT2D eigenvalue weighted by molar-refractivity contribution is 0.102. The van der Waals surface area contributed by atoms with Crippen molar-refractivity contribution in [3.8, 4) is 28.0 Å². The molecule has 0 aliphatic carbocycles. The van der Waals surface area contributed by atoms with Crippen LogP contribution < -0.4 is 27.0 Å². The molecule has 1 aliphatic rings. The fourth-order valence-electron chi connectivity index (χ4n) is 5.55. The number of hydrogen-bond acceptors (Lipinski definition) is 6. The number of rotatable bonds is 7. The quantitative estimate of drug-likeness (QED) is 0.309. The second-order valence-electron chi connectivity index (χ2n) is 10.7. The van der Waals surface area contributed by atoms with Gasteiger partial charge in [0.05, 0.1) is 7.11 Å². The van der Waals surface area contributed by atoms with Gasteiger partial charge in [-0.1, -0.05) is 30.3 Å². The van der Waals surface area contributed by atoms with Crippen molar-refractivity contribution in [2.45, 2.75) is 32.9 Å². The predicted octanol–water partition coefficient (Wildman–Crippen LogP) is 3.96. The summed E-state index contributed by atoms with van der Waals surface area (Å²) in [4.78, 5) is 41.6. The lowest BCUT2D eigenvalue weighted by Gasteiger charge is -2.20. The average molecular weight is 572 g/mol. The Labute approximate surface area is 242 Å². The second-order valence-corrected chi connectivity index (χ2v) is 10.7. The normalized spacial score (nSPS) is 15.1. The van der Waals surface area contributed by atoms with Crippen LogP contribution in [0, 0.1) is 19.7 Å². The minimum atomic E-state index is -0.689. The summed E-state index contributed by atoms with van der Waals surface area (Å²) >= 11 is 0. The van der Waals surface area contributed by atoms with Crippen LogP contribution in [0.1, 0.15) is 33.5 Å². The van der Waals surface area contributed by atoms with E-state index in [0.717, 1.165) is 58.1 Å². The Morgan fingerprint density at radius 3 is 2.48 bits per heavy atom. The number of carbonyl (C=O) groups is 1. The summed E-state index contributed by atoms with van der Waals surface area (Å²) in [5.41, 5.74) is 10.7. The molecular weight excluding hydrogens is 537 g/mol. The molecule has 0 bridgehead atoms. The van der Waals surface area contributed by atoms with Crippen LogP contribution in [0.2, 0.25) is 0 Å². The van der Waals surface area contributed by atoms with Crippen molar-refractivity contribution in [1.29, 1.82) is 0 Å². The van der Waals surface area contributed by atoms with Crippen LogP contribution in [0.3, 0.4) is 0 Å². The third kappa shape index (κ3) is 5.50. The van der Waals surface area contributed by atoms with Crippen LogP contribution in [-0.2, 0) is 13.6 Å². The van der Waals surface area contributed by atoms with Gasteiger partial charge in [0.15, 0.2) is 0 Å². The molecule has 1 atom stereocenters. The fraction of sp³-hybridized carbons (Fsp3) is 0.281. The zero-order valence-electron chi connectivity index (χ0n) is 24.1. The SMILES string of the molecule is COc1cc(-c2cccc(-c3cccc(NC(=O)c4c[nH]c(=O)n(C)c4=O)c3C)c2C)cc(F)c1CN1CCC(N)C1. The van der Waals surface area contributed by atoms with Crippen LogP contribution in [0.4, 0.5) is 10.1 Å². The molecule has 218 valence electrons. The third-order valence-electron chi connectivity index (χ3n) is 8.01. The molecular formula is C32H34FN5O4. The Bertz CT molecular complexity index is 1800. The number of nitrogens with two attached hydrogens (primary N) is 1. The summed E-state index contributed by atoms with van der Waals surface area (Å²) in [6.45, 7) is 5.84. The molecule has 1 aliphatic heterocycles. The van der Waals surface area contributed by atoms with E-state index in [0.29, 0.717) is 29.1 Å². The number of aromatic nitrogens is 2. The number of halogens is 1. The molecule has 1 fully saturated rings. The molecule has 42 heavy (non-hydrogen) atoms.